The highest BCUT2D eigenvalue weighted by Crippen LogP contribution is 2.42. The van der Waals surface area contributed by atoms with Crippen molar-refractivity contribution >= 4 is 93.3 Å². The van der Waals surface area contributed by atoms with Gasteiger partial charge in [-0.15, -0.1) is 11.3 Å². The smallest absolute Gasteiger partial charge is 0.214 e. The van der Waals surface area contributed by atoms with Gasteiger partial charge in [-0.25, -0.2) is 4.98 Å². The highest BCUT2D eigenvalue weighted by molar-refractivity contribution is 7.26. The lowest BCUT2D eigenvalue weighted by Gasteiger charge is -2.09. The molecule has 0 saturated heterocycles. The minimum absolute atomic E-state index is 0.492. The predicted octanol–water partition coefficient (Wildman–Crippen LogP) is 9.97. The van der Waals surface area contributed by atoms with E-state index in [1.807, 2.05) is 11.3 Å². The Morgan fingerprint density at radius 2 is 1.51 bits per heavy atom. The van der Waals surface area contributed by atoms with Crippen LogP contribution < -0.4 is 10.6 Å². The Balaban J connectivity index is 1.16. The SMILES string of the molecule is CC1C=c2c(c3c4sc5ccc(-c6ccc7nc8c9ccccc9c9ccccc9n8c7c6)cc5c4oc3n2-c2ccccc2)=CC1. The number of hydrogen-bond donors (Lipinski definition) is 0. The predicted molar refractivity (Wildman–Crippen MR) is 197 cm³/mol. The number of furan rings is 1. The fourth-order valence-electron chi connectivity index (χ4n) is 7.85. The van der Waals surface area contributed by atoms with E-state index in [4.69, 9.17) is 9.40 Å². The molecule has 222 valence electrons. The normalized spacial score (nSPS) is 15.0. The molecule has 11 rings (SSSR count). The maximum atomic E-state index is 6.89. The lowest BCUT2D eigenvalue weighted by atomic mass is 10.0. The monoisotopic (exact) mass is 621 g/mol. The summed E-state index contributed by atoms with van der Waals surface area (Å²) in [6.45, 7) is 2.29. The number of fused-ring (bicyclic) bond motifs is 15. The number of aromatic nitrogens is 3. The Morgan fingerprint density at radius 1 is 0.745 bits per heavy atom. The number of rotatable bonds is 2. The van der Waals surface area contributed by atoms with Gasteiger partial charge in [0.05, 0.1) is 32.0 Å². The molecular weight excluding hydrogens is 595 g/mol. The van der Waals surface area contributed by atoms with Gasteiger partial charge in [0, 0.05) is 31.8 Å². The van der Waals surface area contributed by atoms with Gasteiger partial charge in [-0.3, -0.25) is 8.97 Å². The molecule has 10 aromatic rings. The summed E-state index contributed by atoms with van der Waals surface area (Å²) < 4.78 is 14.0. The van der Waals surface area contributed by atoms with Gasteiger partial charge >= 0.3 is 0 Å². The molecule has 0 radical (unpaired) electrons. The van der Waals surface area contributed by atoms with Gasteiger partial charge in [0.1, 0.15) is 5.65 Å². The minimum Gasteiger partial charge on any atom is -0.438 e. The zero-order valence-electron chi connectivity index (χ0n) is 25.6. The number of para-hydroxylation sites is 2. The molecule has 0 N–H and O–H groups in total. The number of imidazole rings is 1. The Labute approximate surface area is 272 Å². The topological polar surface area (TPSA) is 35.4 Å². The van der Waals surface area contributed by atoms with Crippen molar-refractivity contribution in [3.63, 3.8) is 0 Å². The quantitative estimate of drug-likeness (QED) is 0.180. The largest absolute Gasteiger partial charge is 0.438 e. The first-order chi connectivity index (χ1) is 23.2. The summed E-state index contributed by atoms with van der Waals surface area (Å²) >= 11 is 1.84. The van der Waals surface area contributed by atoms with E-state index in [0.29, 0.717) is 5.92 Å². The van der Waals surface area contributed by atoms with E-state index in [-0.39, 0.29) is 0 Å². The van der Waals surface area contributed by atoms with Gasteiger partial charge in [-0.2, -0.15) is 0 Å². The first kappa shape index (κ1) is 25.5. The van der Waals surface area contributed by atoms with Gasteiger partial charge in [0.15, 0.2) is 5.58 Å². The van der Waals surface area contributed by atoms with Crippen LogP contribution in [0.3, 0.4) is 0 Å². The van der Waals surface area contributed by atoms with Crippen LogP contribution in [0.1, 0.15) is 13.3 Å². The zero-order chi connectivity index (χ0) is 30.8. The summed E-state index contributed by atoms with van der Waals surface area (Å²) in [6.07, 6.45) is 5.85. The van der Waals surface area contributed by atoms with Crippen LogP contribution in [0, 0.1) is 5.92 Å². The lowest BCUT2D eigenvalue weighted by Crippen LogP contribution is -2.32. The Hall–Kier alpha value is -5.65. The van der Waals surface area contributed by atoms with Gasteiger partial charge in [-0.05, 0) is 71.3 Å². The molecule has 1 atom stereocenters. The Kier molecular flexibility index (Phi) is 5.00. The van der Waals surface area contributed by atoms with Crippen molar-refractivity contribution in [3.05, 3.63) is 126 Å². The Bertz CT molecular complexity index is 3060. The summed E-state index contributed by atoms with van der Waals surface area (Å²) in [5, 5.41) is 8.57. The van der Waals surface area contributed by atoms with Crippen LogP contribution in [0.25, 0.3) is 98.8 Å². The number of hydrogen-bond acceptors (Lipinski definition) is 3. The van der Waals surface area contributed by atoms with Crippen molar-refractivity contribution in [2.45, 2.75) is 13.3 Å². The minimum atomic E-state index is 0.492. The average Bonchev–Trinajstić information content (AvgIpc) is 3.85. The van der Waals surface area contributed by atoms with Crippen LogP contribution >= 0.6 is 11.3 Å². The van der Waals surface area contributed by atoms with Crippen molar-refractivity contribution in [3.8, 4) is 16.8 Å². The molecule has 0 bridgehead atoms. The molecule has 5 heterocycles. The second-order valence-corrected chi connectivity index (χ2v) is 13.9. The van der Waals surface area contributed by atoms with Crippen molar-refractivity contribution < 1.29 is 4.42 Å². The molecule has 0 saturated carbocycles. The first-order valence-electron chi connectivity index (χ1n) is 16.2. The number of thiophene rings is 1. The molecule has 1 aliphatic rings. The van der Waals surface area contributed by atoms with Crippen molar-refractivity contribution in [1.29, 1.82) is 0 Å². The molecule has 1 aliphatic carbocycles. The zero-order valence-corrected chi connectivity index (χ0v) is 26.4. The summed E-state index contributed by atoms with van der Waals surface area (Å²) in [7, 11) is 0. The van der Waals surface area contributed by atoms with E-state index in [1.165, 1.54) is 52.6 Å². The van der Waals surface area contributed by atoms with Crippen LogP contribution in [0.5, 0.6) is 0 Å². The highest BCUT2D eigenvalue weighted by Gasteiger charge is 2.23. The van der Waals surface area contributed by atoms with E-state index in [2.05, 4.69) is 143 Å². The molecule has 4 nitrogen and oxygen atoms in total. The molecular formula is C42H27N3OS. The van der Waals surface area contributed by atoms with Crippen LogP contribution in [0.4, 0.5) is 0 Å². The third-order valence-corrected chi connectivity index (χ3v) is 11.2. The van der Waals surface area contributed by atoms with Gasteiger partial charge in [-0.1, -0.05) is 91.9 Å². The van der Waals surface area contributed by atoms with E-state index in [9.17, 15) is 0 Å². The van der Waals surface area contributed by atoms with E-state index in [0.717, 1.165) is 51.0 Å². The van der Waals surface area contributed by atoms with Crippen LogP contribution in [0.2, 0.25) is 0 Å². The van der Waals surface area contributed by atoms with Crippen molar-refractivity contribution in [2.75, 3.05) is 0 Å². The third kappa shape index (κ3) is 3.44. The number of nitrogens with zero attached hydrogens (tertiary/aromatic N) is 3. The third-order valence-electron chi connectivity index (χ3n) is 10.0. The fourth-order valence-corrected chi connectivity index (χ4v) is 9.01. The molecule has 1 unspecified atom stereocenters. The summed E-state index contributed by atoms with van der Waals surface area (Å²) in [4.78, 5) is 5.14. The van der Waals surface area contributed by atoms with E-state index >= 15 is 0 Å². The number of benzene rings is 5. The van der Waals surface area contributed by atoms with Crippen LogP contribution in [-0.4, -0.2) is 14.0 Å². The second-order valence-electron chi connectivity index (χ2n) is 12.8. The second kappa shape index (κ2) is 9.21. The van der Waals surface area contributed by atoms with E-state index < -0.39 is 0 Å². The maximum absolute atomic E-state index is 6.89. The Morgan fingerprint density at radius 3 is 2.40 bits per heavy atom. The highest BCUT2D eigenvalue weighted by atomic mass is 32.1. The van der Waals surface area contributed by atoms with Crippen molar-refractivity contribution in [1.82, 2.24) is 14.0 Å². The number of pyridine rings is 1. The lowest BCUT2D eigenvalue weighted by molar-refractivity contribution is 0.643. The first-order valence-corrected chi connectivity index (χ1v) is 17.0. The molecule has 0 aliphatic heterocycles. The van der Waals surface area contributed by atoms with Gasteiger partial charge < -0.3 is 4.42 Å². The average molecular weight is 622 g/mol. The van der Waals surface area contributed by atoms with E-state index in [1.54, 1.807) is 0 Å². The van der Waals surface area contributed by atoms with Crippen molar-refractivity contribution in [2.24, 2.45) is 5.92 Å². The summed E-state index contributed by atoms with van der Waals surface area (Å²) in [5.74, 6) is 0.492. The molecule has 5 aromatic heterocycles. The van der Waals surface area contributed by atoms with Crippen LogP contribution in [-0.2, 0) is 0 Å². The fraction of sp³-hybridized carbons (Fsp3) is 0.0714. The van der Waals surface area contributed by atoms with Crippen LogP contribution in [0.15, 0.2) is 120 Å². The maximum Gasteiger partial charge on any atom is 0.214 e. The summed E-state index contributed by atoms with van der Waals surface area (Å²) in [5.41, 5.74) is 9.65. The molecule has 5 aromatic carbocycles. The summed E-state index contributed by atoms with van der Waals surface area (Å²) in [6, 6.07) is 41.3. The molecule has 0 spiro atoms. The molecule has 5 heteroatoms. The molecule has 0 amide bonds. The van der Waals surface area contributed by atoms with Gasteiger partial charge in [0.25, 0.3) is 0 Å². The standard InChI is InChI=1S/C42H27N3OS/c1-24-15-18-31-35(21-24)44(27-9-3-2-4-10-27)42-38(31)40-39(46-42)32-22-25(17-20-37(32)47-40)26-16-19-33-36(23-26)45-34-14-8-7-12-29(34)28-11-5-6-13-30(28)41(45)43-33/h2-14,16-24H,15H2,1H3. The molecule has 0 fully saturated rings. The molecule has 47 heavy (non-hydrogen) atoms. The van der Waals surface area contributed by atoms with Gasteiger partial charge in [0.2, 0.25) is 5.71 Å².